The van der Waals surface area contributed by atoms with E-state index in [0.29, 0.717) is 21.6 Å². The molecule has 0 spiro atoms. The fraction of sp³-hybridized carbons (Fsp3) is 0.125. The van der Waals surface area contributed by atoms with Gasteiger partial charge in [-0.2, -0.15) is 0 Å². The van der Waals surface area contributed by atoms with E-state index in [1.54, 1.807) is 12.1 Å². The summed E-state index contributed by atoms with van der Waals surface area (Å²) in [7, 11) is 1.63. The summed E-state index contributed by atoms with van der Waals surface area (Å²) < 4.78 is 5.28. The van der Waals surface area contributed by atoms with Crippen LogP contribution in [-0.4, -0.2) is 23.2 Å². The summed E-state index contributed by atoms with van der Waals surface area (Å²) in [6.45, 7) is 0. The van der Waals surface area contributed by atoms with E-state index in [1.165, 1.54) is 11.8 Å². The molecule has 0 radical (unpaired) electrons. The number of carbonyl (C=O) groups is 1. The second-order valence-electron chi connectivity index (χ2n) is 7.26. The number of hydrogen-bond acceptors (Lipinski definition) is 6. The predicted octanol–water partition coefficient (Wildman–Crippen LogP) is 3.43. The number of nitrogens with zero attached hydrogens (tertiary/aromatic N) is 3. The summed E-state index contributed by atoms with van der Waals surface area (Å²) >= 11 is 7.43. The Labute approximate surface area is 194 Å². The minimum Gasteiger partial charge on any atom is -0.497 e. The zero-order valence-corrected chi connectivity index (χ0v) is 18.7. The first-order valence-corrected chi connectivity index (χ1v) is 11.4. The molecule has 1 atom stereocenters. The van der Waals surface area contributed by atoms with Gasteiger partial charge in [-0.05, 0) is 41.5 Å². The topological polar surface area (TPSA) is 66.3 Å². The number of thioether (sulfide) groups is 1. The predicted molar refractivity (Wildman–Crippen MR) is 127 cm³/mol. The van der Waals surface area contributed by atoms with Gasteiger partial charge < -0.3 is 4.74 Å². The number of rotatable bonds is 4. The minimum absolute atomic E-state index is 0.195. The van der Waals surface area contributed by atoms with Crippen LogP contribution >= 0.6 is 23.4 Å². The van der Waals surface area contributed by atoms with Crippen LogP contribution in [0.25, 0.3) is 5.70 Å². The second kappa shape index (κ2) is 8.68. The molecule has 1 N–H and O–H groups in total. The lowest BCUT2D eigenvalue weighted by Gasteiger charge is -2.34. The van der Waals surface area contributed by atoms with Crippen molar-refractivity contribution in [2.75, 3.05) is 7.11 Å². The van der Waals surface area contributed by atoms with Crippen molar-refractivity contribution in [2.45, 2.75) is 11.9 Å². The smallest absolute Gasteiger partial charge is 0.276 e. The Morgan fingerprint density at radius 1 is 1.06 bits per heavy atom. The molecule has 6 nitrogen and oxygen atoms in total. The van der Waals surface area contributed by atoms with Crippen molar-refractivity contribution in [3.8, 4) is 5.75 Å². The molecule has 2 heterocycles. The van der Waals surface area contributed by atoms with Gasteiger partial charge in [0.05, 0.1) is 12.5 Å². The van der Waals surface area contributed by atoms with Crippen molar-refractivity contribution >= 4 is 40.1 Å². The molecule has 160 valence electrons. The van der Waals surface area contributed by atoms with E-state index < -0.39 is 6.17 Å². The van der Waals surface area contributed by atoms with Crippen LogP contribution in [0, 0.1) is 0 Å². The number of hydrazone groups is 1. The maximum Gasteiger partial charge on any atom is 0.276 e. The first kappa shape index (κ1) is 20.6. The fourth-order valence-corrected chi connectivity index (χ4v) is 4.55. The van der Waals surface area contributed by atoms with E-state index in [4.69, 9.17) is 26.4 Å². The molecular weight excluding hydrogens is 444 g/mol. The summed E-state index contributed by atoms with van der Waals surface area (Å²) in [6.07, 6.45) is -0.456. The summed E-state index contributed by atoms with van der Waals surface area (Å²) in [5.74, 6) is 1.22. The van der Waals surface area contributed by atoms with Gasteiger partial charge in [-0.25, -0.2) is 5.01 Å². The lowest BCUT2D eigenvalue weighted by atomic mass is 10.1. The van der Waals surface area contributed by atoms with Gasteiger partial charge in [-0.1, -0.05) is 65.8 Å². The van der Waals surface area contributed by atoms with Gasteiger partial charge in [-0.3, -0.25) is 15.1 Å². The molecule has 0 saturated carbocycles. The highest BCUT2D eigenvalue weighted by Crippen LogP contribution is 2.32. The Morgan fingerprint density at radius 2 is 1.81 bits per heavy atom. The van der Waals surface area contributed by atoms with Gasteiger partial charge in [0, 0.05) is 16.0 Å². The van der Waals surface area contributed by atoms with E-state index in [0.717, 1.165) is 27.5 Å². The normalized spacial score (nSPS) is 17.0. The van der Waals surface area contributed by atoms with Gasteiger partial charge in [0.2, 0.25) is 0 Å². The summed E-state index contributed by atoms with van der Waals surface area (Å²) in [6, 6.07) is 22.9. The van der Waals surface area contributed by atoms with Crippen molar-refractivity contribution in [3.63, 3.8) is 0 Å². The number of nitrogens with one attached hydrogen (secondary N) is 1. The Hall–Kier alpha value is -3.29. The third-order valence-corrected chi connectivity index (χ3v) is 6.40. The summed E-state index contributed by atoms with van der Waals surface area (Å²) in [4.78, 5) is 18.1. The van der Waals surface area contributed by atoms with Gasteiger partial charge in [0.1, 0.15) is 11.4 Å². The lowest BCUT2D eigenvalue weighted by molar-refractivity contribution is -0.116. The zero-order valence-electron chi connectivity index (χ0n) is 17.2. The number of amides is 1. The molecule has 0 fully saturated rings. The Morgan fingerprint density at radius 3 is 2.56 bits per heavy atom. The van der Waals surface area contributed by atoms with Gasteiger partial charge in [0.25, 0.3) is 5.91 Å². The van der Waals surface area contributed by atoms with Crippen molar-refractivity contribution in [3.05, 3.63) is 99.5 Å². The largest absolute Gasteiger partial charge is 0.497 e. The molecule has 1 unspecified atom stereocenters. The molecule has 3 aromatic rings. The number of methoxy groups -OCH3 is 1. The van der Waals surface area contributed by atoms with Crippen LogP contribution in [0.3, 0.4) is 0 Å². The maximum atomic E-state index is 13.2. The molecule has 0 bridgehead atoms. The van der Waals surface area contributed by atoms with Crippen LogP contribution in [0.5, 0.6) is 5.75 Å². The lowest BCUT2D eigenvalue weighted by Crippen LogP contribution is -2.50. The molecule has 5 rings (SSSR count). The van der Waals surface area contributed by atoms with Gasteiger partial charge in [-0.15, -0.1) is 5.10 Å². The third kappa shape index (κ3) is 3.97. The summed E-state index contributed by atoms with van der Waals surface area (Å²) in [5.41, 5.74) is 2.50. The number of fused-ring (bicyclic) bond motifs is 2. The Balaban J connectivity index is 1.53. The first-order chi connectivity index (χ1) is 15.6. The molecular formula is C24H19ClN4O2S. The molecule has 0 saturated heterocycles. The number of amidine groups is 1. The average molecular weight is 463 g/mol. The van der Waals surface area contributed by atoms with Crippen LogP contribution in [-0.2, 0) is 10.5 Å². The Bertz CT molecular complexity index is 1320. The summed E-state index contributed by atoms with van der Waals surface area (Å²) in [5, 5.41) is 12.2. The first-order valence-electron chi connectivity index (χ1n) is 10.00. The molecule has 32 heavy (non-hydrogen) atoms. The molecule has 0 aromatic heterocycles. The third-order valence-electron chi connectivity index (χ3n) is 5.22. The fourth-order valence-electron chi connectivity index (χ4n) is 3.62. The minimum atomic E-state index is -0.456. The molecule has 1 amide bonds. The van der Waals surface area contributed by atoms with Crippen LogP contribution in [0.1, 0.15) is 17.3 Å². The van der Waals surface area contributed by atoms with E-state index in [9.17, 15) is 4.79 Å². The second-order valence-corrected chi connectivity index (χ2v) is 8.66. The monoisotopic (exact) mass is 462 g/mol. The number of benzene rings is 3. The van der Waals surface area contributed by atoms with E-state index in [1.807, 2.05) is 72.8 Å². The standard InChI is InChI=1S/C24H19ClN4O2S/c1-31-18-12-8-16(9-13-18)22-26-20-5-3-2-4-19(20)21-23(30)27-24(28-29(21)22)32-14-15-6-10-17(25)11-7-15/h2-13,22H,14H2,1H3,(H,27,28,30). The quantitative estimate of drug-likeness (QED) is 0.645. The SMILES string of the molecule is COc1ccc(C2N=c3ccccc3=C3C(=O)NC(SCc4ccc(Cl)cc4)=NN32)cc1. The highest BCUT2D eigenvalue weighted by atomic mass is 35.5. The van der Waals surface area contributed by atoms with Crippen LogP contribution < -0.4 is 20.6 Å². The van der Waals surface area contributed by atoms with Crippen molar-refractivity contribution < 1.29 is 9.53 Å². The highest BCUT2D eigenvalue weighted by molar-refractivity contribution is 8.13. The van der Waals surface area contributed by atoms with Crippen molar-refractivity contribution in [1.82, 2.24) is 10.3 Å². The van der Waals surface area contributed by atoms with Gasteiger partial charge >= 0.3 is 0 Å². The molecule has 0 aliphatic carbocycles. The van der Waals surface area contributed by atoms with Crippen molar-refractivity contribution in [1.29, 1.82) is 0 Å². The molecule has 2 aliphatic rings. The van der Waals surface area contributed by atoms with Crippen LogP contribution in [0.2, 0.25) is 5.02 Å². The van der Waals surface area contributed by atoms with E-state index in [-0.39, 0.29) is 5.91 Å². The highest BCUT2D eigenvalue weighted by Gasteiger charge is 2.34. The number of para-hydroxylation sites is 1. The van der Waals surface area contributed by atoms with Crippen molar-refractivity contribution in [2.24, 2.45) is 10.1 Å². The Kier molecular flexibility index (Phi) is 5.59. The van der Waals surface area contributed by atoms with E-state index >= 15 is 0 Å². The molecule has 8 heteroatoms. The molecule has 3 aromatic carbocycles. The zero-order chi connectivity index (χ0) is 22.1. The van der Waals surface area contributed by atoms with E-state index in [2.05, 4.69) is 5.32 Å². The maximum absolute atomic E-state index is 13.2. The number of halogens is 1. The van der Waals surface area contributed by atoms with Gasteiger partial charge in [0.15, 0.2) is 11.3 Å². The van der Waals surface area contributed by atoms with Crippen LogP contribution in [0.15, 0.2) is 82.9 Å². The number of ether oxygens (including phenoxy) is 1. The van der Waals surface area contributed by atoms with Crippen LogP contribution in [0.4, 0.5) is 0 Å². The number of hydrogen-bond donors (Lipinski definition) is 1. The molecule has 2 aliphatic heterocycles. The average Bonchev–Trinajstić information content (AvgIpc) is 2.83. The number of carbonyl (C=O) groups excluding carboxylic acids is 1.